The molecule has 0 saturated carbocycles. The van der Waals surface area contributed by atoms with Crippen LogP contribution in [-0.2, 0) is 26.4 Å². The minimum Gasteiger partial charge on any atom is -0.493 e. The number of nitrogens with zero attached hydrogens (tertiary/aromatic N) is 2. The maximum Gasteiger partial charge on any atom is 0.442 e. The van der Waals surface area contributed by atoms with Crippen molar-refractivity contribution in [3.63, 3.8) is 0 Å². The van der Waals surface area contributed by atoms with Crippen LogP contribution in [0.25, 0.3) is 0 Å². The highest BCUT2D eigenvalue weighted by Crippen LogP contribution is 2.53. The lowest BCUT2D eigenvalue weighted by Gasteiger charge is -2.40. The van der Waals surface area contributed by atoms with Gasteiger partial charge in [0.2, 0.25) is 5.91 Å². The molecular formula is C45H74F3N3O9. The monoisotopic (exact) mass is 858 g/mol. The summed E-state index contributed by atoms with van der Waals surface area (Å²) in [6.07, 6.45) is 13.0. The number of amides is 1. The summed E-state index contributed by atoms with van der Waals surface area (Å²) in [6.45, 7) is 3.70. The molecule has 60 heavy (non-hydrogen) atoms. The van der Waals surface area contributed by atoms with E-state index in [9.17, 15) is 43.5 Å². The Morgan fingerprint density at radius 3 is 2.00 bits per heavy atom. The summed E-state index contributed by atoms with van der Waals surface area (Å²) in [5.74, 6) is 0.176. The number of carbonyl (C=O) groups excluding carboxylic acids is 1. The molecule has 1 aromatic rings. The van der Waals surface area contributed by atoms with Gasteiger partial charge in [-0.15, -0.1) is 10.2 Å². The fourth-order valence-corrected chi connectivity index (χ4v) is 7.48. The molecule has 6 N–H and O–H groups in total. The van der Waals surface area contributed by atoms with Crippen molar-refractivity contribution in [2.24, 2.45) is 10.2 Å². The molecule has 0 radical (unpaired) electrons. The highest BCUT2D eigenvalue weighted by atomic mass is 19.4. The van der Waals surface area contributed by atoms with Gasteiger partial charge in [-0.2, -0.15) is 13.2 Å². The lowest BCUT2D eigenvalue weighted by atomic mass is 9.99. The molecular weight excluding hydrogens is 784 g/mol. The maximum absolute atomic E-state index is 13.5. The second kappa shape index (κ2) is 28.1. The molecule has 0 aromatic heterocycles. The summed E-state index contributed by atoms with van der Waals surface area (Å²) in [5.41, 5.74) is -1.67. The van der Waals surface area contributed by atoms with Gasteiger partial charge in [0.15, 0.2) is 6.29 Å². The predicted molar refractivity (Wildman–Crippen MR) is 223 cm³/mol. The van der Waals surface area contributed by atoms with Crippen molar-refractivity contribution in [3.05, 3.63) is 41.5 Å². The van der Waals surface area contributed by atoms with Gasteiger partial charge in [0, 0.05) is 12.0 Å². The van der Waals surface area contributed by atoms with Crippen LogP contribution in [0, 0.1) is 0 Å². The Morgan fingerprint density at radius 2 is 1.43 bits per heavy atom. The number of aryl methyl sites for hydroxylation is 1. The first-order valence-electron chi connectivity index (χ1n) is 22.7. The normalized spacial score (nSPS) is 22.3. The van der Waals surface area contributed by atoms with Crippen molar-refractivity contribution in [1.29, 1.82) is 0 Å². The third kappa shape index (κ3) is 17.6. The van der Waals surface area contributed by atoms with Crippen LogP contribution in [0.5, 0.6) is 5.75 Å². The van der Waals surface area contributed by atoms with E-state index in [1.165, 1.54) is 69.9 Å². The van der Waals surface area contributed by atoms with Crippen molar-refractivity contribution in [3.8, 4) is 5.75 Å². The highest BCUT2D eigenvalue weighted by molar-refractivity contribution is 5.76. The standard InChI is InChI=1S/C45H74F3N3O9/c1-3-5-6-7-8-9-10-11-12-13-16-19-22-25-36(53)35(32-59-43-42(57)41(56)40(55)38(31-52)60-43)49-39(54)26-23-20-17-14-15-18-21-24-29-58-37-30-34(28-27-33(37)4-2)44(50-51-44)45(46,47)48/h22,25,27-28,30,35-36,38,40-43,52-53,55-57H,3-21,23-24,26,29,31-32H2,1-2H3,(H,49,54)/b25-22+/t35-,36+,38-,40+,41+,42-,43-/m1/s1. The summed E-state index contributed by atoms with van der Waals surface area (Å²) in [6, 6.07) is 3.60. The van der Waals surface area contributed by atoms with Crippen LogP contribution in [0.4, 0.5) is 13.2 Å². The predicted octanol–water partition coefficient (Wildman–Crippen LogP) is 8.24. The van der Waals surface area contributed by atoms with Crippen LogP contribution in [0.15, 0.2) is 40.6 Å². The van der Waals surface area contributed by atoms with Crippen LogP contribution in [0.1, 0.15) is 160 Å². The van der Waals surface area contributed by atoms with Gasteiger partial charge >= 0.3 is 11.8 Å². The third-order valence-corrected chi connectivity index (χ3v) is 11.5. The smallest absolute Gasteiger partial charge is 0.442 e. The van der Waals surface area contributed by atoms with E-state index in [-0.39, 0.29) is 24.5 Å². The zero-order chi connectivity index (χ0) is 43.8. The molecule has 0 aliphatic carbocycles. The molecule has 0 bridgehead atoms. The molecule has 12 nitrogen and oxygen atoms in total. The summed E-state index contributed by atoms with van der Waals surface area (Å²) < 4.78 is 57.5. The number of rotatable bonds is 33. The Kier molecular flexibility index (Phi) is 24.2. The fraction of sp³-hybridized carbons (Fsp3) is 0.800. The molecule has 0 spiro atoms. The minimum absolute atomic E-state index is 0.0321. The van der Waals surface area contributed by atoms with Crippen LogP contribution in [0.2, 0.25) is 0 Å². The van der Waals surface area contributed by atoms with Crippen molar-refractivity contribution in [2.45, 2.75) is 210 Å². The number of carbonyl (C=O) groups is 1. The second-order valence-corrected chi connectivity index (χ2v) is 16.4. The largest absolute Gasteiger partial charge is 0.493 e. The minimum atomic E-state index is -4.59. The Morgan fingerprint density at radius 1 is 0.850 bits per heavy atom. The number of halogens is 3. The van der Waals surface area contributed by atoms with Gasteiger partial charge in [-0.1, -0.05) is 141 Å². The van der Waals surface area contributed by atoms with Crippen LogP contribution in [-0.4, -0.2) is 100 Å². The molecule has 3 rings (SSSR count). The van der Waals surface area contributed by atoms with E-state index in [4.69, 9.17) is 14.2 Å². The van der Waals surface area contributed by atoms with Crippen molar-refractivity contribution >= 4 is 5.91 Å². The Bertz CT molecular complexity index is 1390. The van der Waals surface area contributed by atoms with Gasteiger partial charge in [0.05, 0.1) is 32.0 Å². The van der Waals surface area contributed by atoms with Crippen LogP contribution in [0.3, 0.4) is 0 Å². The number of unbranched alkanes of at least 4 members (excludes halogenated alkanes) is 18. The molecule has 1 aromatic carbocycles. The van der Waals surface area contributed by atoms with E-state index in [0.717, 1.165) is 69.8 Å². The lowest BCUT2D eigenvalue weighted by Crippen LogP contribution is -2.60. The van der Waals surface area contributed by atoms with Crippen molar-refractivity contribution in [1.82, 2.24) is 5.32 Å². The van der Waals surface area contributed by atoms with Crippen molar-refractivity contribution < 1.29 is 57.7 Å². The first-order chi connectivity index (χ1) is 28.9. The number of hydrogen-bond acceptors (Lipinski definition) is 11. The van der Waals surface area contributed by atoms with E-state index in [2.05, 4.69) is 22.5 Å². The number of alkyl halides is 3. The SMILES string of the molecule is CCCCCCCCCCCCC/C=C/[C@H](O)[C@@H](CO[C@@H]1O[C@H](CO)[C@H](O)[C@H](O)[C@H]1O)NC(=O)CCCCCCCCCCOc1cc(C2(C(F)(F)F)N=N2)ccc1CC. The molecule has 15 heteroatoms. The summed E-state index contributed by atoms with van der Waals surface area (Å²) in [5, 5.41) is 60.7. The van der Waals surface area contributed by atoms with E-state index in [1.54, 1.807) is 12.1 Å². The average Bonchev–Trinajstić information content (AvgIpc) is 4.06. The van der Waals surface area contributed by atoms with Gasteiger partial charge < -0.3 is 45.1 Å². The first kappa shape index (κ1) is 51.7. The van der Waals surface area contributed by atoms with Crippen LogP contribution >= 0.6 is 0 Å². The Labute approximate surface area is 355 Å². The van der Waals surface area contributed by atoms with E-state index in [0.29, 0.717) is 25.2 Å². The zero-order valence-electron chi connectivity index (χ0n) is 36.0. The molecule has 344 valence electrons. The number of allylic oxidation sites excluding steroid dienone is 1. The van der Waals surface area contributed by atoms with Gasteiger partial charge in [-0.3, -0.25) is 4.79 Å². The van der Waals surface area contributed by atoms with E-state index < -0.39 is 61.3 Å². The zero-order valence-corrected chi connectivity index (χ0v) is 36.0. The molecule has 2 aliphatic rings. The molecule has 1 fully saturated rings. The van der Waals surface area contributed by atoms with Crippen LogP contribution < -0.4 is 10.1 Å². The Balaban J connectivity index is 1.33. The molecule has 2 aliphatic heterocycles. The van der Waals surface area contributed by atoms with Gasteiger partial charge in [0.1, 0.15) is 30.2 Å². The van der Waals surface area contributed by atoms with Gasteiger partial charge in [0.25, 0.3) is 0 Å². The molecule has 1 amide bonds. The number of ether oxygens (including phenoxy) is 3. The average molecular weight is 858 g/mol. The van der Waals surface area contributed by atoms with Gasteiger partial charge in [-0.05, 0) is 43.7 Å². The number of aliphatic hydroxyl groups excluding tert-OH is 5. The summed E-state index contributed by atoms with van der Waals surface area (Å²) in [4.78, 5) is 13.0. The summed E-state index contributed by atoms with van der Waals surface area (Å²) >= 11 is 0. The molecule has 0 unspecified atom stereocenters. The number of hydrogen-bond donors (Lipinski definition) is 6. The van der Waals surface area contributed by atoms with E-state index in [1.807, 2.05) is 13.0 Å². The first-order valence-corrected chi connectivity index (χ1v) is 22.7. The van der Waals surface area contributed by atoms with E-state index >= 15 is 0 Å². The Hall–Kier alpha value is -2.66. The number of nitrogens with one attached hydrogen (secondary N) is 1. The summed E-state index contributed by atoms with van der Waals surface area (Å²) in [7, 11) is 0. The lowest BCUT2D eigenvalue weighted by molar-refractivity contribution is -0.302. The quantitative estimate of drug-likeness (QED) is 0.0300. The number of benzene rings is 1. The van der Waals surface area contributed by atoms with Crippen molar-refractivity contribution in [2.75, 3.05) is 19.8 Å². The second-order valence-electron chi connectivity index (χ2n) is 16.4. The third-order valence-electron chi connectivity index (χ3n) is 11.5. The molecule has 1 saturated heterocycles. The number of aliphatic hydroxyl groups is 5. The maximum atomic E-state index is 13.5. The molecule has 2 heterocycles. The fourth-order valence-electron chi connectivity index (χ4n) is 7.48. The topological polar surface area (TPSA) is 183 Å². The highest BCUT2D eigenvalue weighted by Gasteiger charge is 2.65. The van der Waals surface area contributed by atoms with Gasteiger partial charge in [-0.25, -0.2) is 0 Å². The molecule has 7 atom stereocenters.